The summed E-state index contributed by atoms with van der Waals surface area (Å²) >= 11 is 9.53. The zero-order valence-electron chi connectivity index (χ0n) is 12.0. The summed E-state index contributed by atoms with van der Waals surface area (Å²) in [6, 6.07) is 6.38. The first-order chi connectivity index (χ1) is 10.5. The molecule has 0 bridgehead atoms. The van der Waals surface area contributed by atoms with Crippen LogP contribution >= 0.6 is 35.1 Å². The largest absolute Gasteiger partial charge is 0.481 e. The molecule has 7 heteroatoms. The van der Waals surface area contributed by atoms with Crippen molar-refractivity contribution in [1.82, 2.24) is 5.32 Å². The SMILES string of the molecule is O=C(O)C[C@H](NC(=O)CC1CSCCS1)c1ccc(Cl)cc1. The van der Waals surface area contributed by atoms with Crippen LogP contribution in [0.25, 0.3) is 0 Å². The average Bonchev–Trinajstić information content (AvgIpc) is 2.48. The zero-order valence-corrected chi connectivity index (χ0v) is 14.3. The van der Waals surface area contributed by atoms with Crippen molar-refractivity contribution in [3.63, 3.8) is 0 Å². The summed E-state index contributed by atoms with van der Waals surface area (Å²) in [5, 5.41) is 12.8. The molecule has 2 N–H and O–H groups in total. The van der Waals surface area contributed by atoms with Gasteiger partial charge in [0, 0.05) is 34.0 Å². The van der Waals surface area contributed by atoms with E-state index in [1.165, 1.54) is 0 Å². The lowest BCUT2D eigenvalue weighted by Crippen LogP contribution is -2.33. The van der Waals surface area contributed by atoms with Crippen LogP contribution in [-0.4, -0.2) is 39.5 Å². The number of benzene rings is 1. The van der Waals surface area contributed by atoms with Crippen LogP contribution in [0.3, 0.4) is 0 Å². The van der Waals surface area contributed by atoms with Crippen molar-refractivity contribution in [1.29, 1.82) is 0 Å². The number of carbonyl (C=O) groups is 2. The quantitative estimate of drug-likeness (QED) is 0.816. The molecule has 1 aliphatic heterocycles. The first kappa shape index (κ1) is 17.5. The minimum Gasteiger partial charge on any atom is -0.481 e. The maximum Gasteiger partial charge on any atom is 0.305 e. The lowest BCUT2D eigenvalue weighted by atomic mass is 10.0. The molecule has 0 aliphatic carbocycles. The fourth-order valence-corrected chi connectivity index (χ4v) is 5.04. The van der Waals surface area contributed by atoms with Gasteiger partial charge in [0.1, 0.15) is 0 Å². The Morgan fingerprint density at radius 2 is 2.05 bits per heavy atom. The molecule has 1 aliphatic rings. The smallest absolute Gasteiger partial charge is 0.305 e. The van der Waals surface area contributed by atoms with Crippen molar-refractivity contribution < 1.29 is 14.7 Å². The van der Waals surface area contributed by atoms with Crippen LogP contribution in [-0.2, 0) is 9.59 Å². The number of halogens is 1. The highest BCUT2D eigenvalue weighted by Crippen LogP contribution is 2.27. The normalized spacial score (nSPS) is 19.4. The number of hydrogen-bond donors (Lipinski definition) is 2. The van der Waals surface area contributed by atoms with Crippen molar-refractivity contribution in [3.05, 3.63) is 34.9 Å². The number of thioether (sulfide) groups is 2. The average molecular weight is 360 g/mol. The van der Waals surface area contributed by atoms with Gasteiger partial charge in [0.2, 0.25) is 5.91 Å². The molecular weight excluding hydrogens is 342 g/mol. The topological polar surface area (TPSA) is 66.4 Å². The Hall–Kier alpha value is -0.850. The fourth-order valence-electron chi connectivity index (χ4n) is 2.24. The minimum atomic E-state index is -0.942. The molecule has 0 spiro atoms. The van der Waals surface area contributed by atoms with E-state index in [-0.39, 0.29) is 12.3 Å². The molecule has 1 aromatic rings. The second-order valence-electron chi connectivity index (χ2n) is 5.04. The second kappa shape index (κ2) is 8.70. The predicted molar refractivity (Wildman–Crippen MR) is 92.8 cm³/mol. The first-order valence-electron chi connectivity index (χ1n) is 7.00. The maximum absolute atomic E-state index is 12.2. The number of carbonyl (C=O) groups excluding carboxylic acids is 1. The highest BCUT2D eigenvalue weighted by Gasteiger charge is 2.22. The number of rotatable bonds is 6. The van der Waals surface area contributed by atoms with Gasteiger partial charge in [0.05, 0.1) is 12.5 Å². The van der Waals surface area contributed by atoms with Crippen LogP contribution in [0.5, 0.6) is 0 Å². The molecule has 1 amide bonds. The maximum atomic E-state index is 12.2. The molecular formula is C15H18ClNO3S2. The van der Waals surface area contributed by atoms with Crippen molar-refractivity contribution in [2.45, 2.75) is 24.1 Å². The van der Waals surface area contributed by atoms with E-state index < -0.39 is 12.0 Å². The molecule has 4 nitrogen and oxygen atoms in total. The van der Waals surface area contributed by atoms with Gasteiger partial charge in [0.25, 0.3) is 0 Å². The third-order valence-corrected chi connectivity index (χ3v) is 6.38. The summed E-state index contributed by atoms with van der Waals surface area (Å²) < 4.78 is 0. The zero-order chi connectivity index (χ0) is 15.9. The molecule has 22 heavy (non-hydrogen) atoms. The van der Waals surface area contributed by atoms with Crippen molar-refractivity contribution >= 4 is 47.0 Å². The molecule has 1 fully saturated rings. The monoisotopic (exact) mass is 359 g/mol. The van der Waals surface area contributed by atoms with Gasteiger partial charge in [-0.1, -0.05) is 23.7 Å². The third kappa shape index (κ3) is 5.74. The number of carboxylic acids is 1. The molecule has 1 heterocycles. The molecule has 2 atom stereocenters. The standard InChI is InChI=1S/C15H18ClNO3S2/c16-11-3-1-10(2-4-11)13(8-15(19)20)17-14(18)7-12-9-21-5-6-22-12/h1-4,12-13H,5-9H2,(H,17,18)(H,19,20)/t12?,13-/m0/s1. The van der Waals surface area contributed by atoms with E-state index in [1.807, 2.05) is 23.5 Å². The van der Waals surface area contributed by atoms with Gasteiger partial charge >= 0.3 is 5.97 Å². The Morgan fingerprint density at radius 3 is 2.64 bits per heavy atom. The fraction of sp³-hybridized carbons (Fsp3) is 0.467. The van der Waals surface area contributed by atoms with E-state index >= 15 is 0 Å². The lowest BCUT2D eigenvalue weighted by molar-refractivity contribution is -0.137. The van der Waals surface area contributed by atoms with E-state index in [0.717, 1.165) is 22.8 Å². The van der Waals surface area contributed by atoms with Gasteiger partial charge in [-0.05, 0) is 17.7 Å². The van der Waals surface area contributed by atoms with Crippen LogP contribution in [0, 0.1) is 0 Å². The molecule has 0 saturated carbocycles. The molecule has 0 radical (unpaired) electrons. The Balaban J connectivity index is 1.97. The number of nitrogens with one attached hydrogen (secondary N) is 1. The molecule has 120 valence electrons. The molecule has 2 rings (SSSR count). The molecule has 1 saturated heterocycles. The highest BCUT2D eigenvalue weighted by atomic mass is 35.5. The minimum absolute atomic E-state index is 0.0961. The van der Waals surface area contributed by atoms with Crippen LogP contribution < -0.4 is 5.32 Å². The van der Waals surface area contributed by atoms with Gasteiger partial charge in [-0.3, -0.25) is 9.59 Å². The van der Waals surface area contributed by atoms with Crippen LogP contribution in [0.4, 0.5) is 0 Å². The van der Waals surface area contributed by atoms with E-state index in [1.54, 1.807) is 24.3 Å². The van der Waals surface area contributed by atoms with Crippen LogP contribution in [0.2, 0.25) is 5.02 Å². The second-order valence-corrected chi connectivity index (χ2v) is 8.04. The number of amides is 1. The van der Waals surface area contributed by atoms with Crippen molar-refractivity contribution in [2.75, 3.05) is 17.3 Å². The molecule has 0 aromatic heterocycles. The Bertz CT molecular complexity index is 518. The van der Waals surface area contributed by atoms with Gasteiger partial charge in [-0.25, -0.2) is 0 Å². The van der Waals surface area contributed by atoms with Gasteiger partial charge < -0.3 is 10.4 Å². The van der Waals surface area contributed by atoms with Crippen molar-refractivity contribution in [2.24, 2.45) is 0 Å². The Kier molecular flexibility index (Phi) is 6.92. The summed E-state index contributed by atoms with van der Waals surface area (Å²) in [7, 11) is 0. The van der Waals surface area contributed by atoms with Gasteiger partial charge in [-0.2, -0.15) is 23.5 Å². The number of aliphatic carboxylic acids is 1. The Morgan fingerprint density at radius 1 is 1.32 bits per heavy atom. The van der Waals surface area contributed by atoms with Crippen LogP contribution in [0.1, 0.15) is 24.4 Å². The number of carboxylic acid groups (broad SMARTS) is 1. The number of hydrogen-bond acceptors (Lipinski definition) is 4. The summed E-state index contributed by atoms with van der Waals surface area (Å²) in [6.07, 6.45) is 0.293. The van der Waals surface area contributed by atoms with Gasteiger partial charge in [-0.15, -0.1) is 0 Å². The van der Waals surface area contributed by atoms with E-state index in [2.05, 4.69) is 5.32 Å². The van der Waals surface area contributed by atoms with E-state index in [0.29, 0.717) is 16.7 Å². The van der Waals surface area contributed by atoms with E-state index in [9.17, 15) is 9.59 Å². The Labute approximate surface area is 143 Å². The summed E-state index contributed by atoms with van der Waals surface area (Å²) in [6.45, 7) is 0. The molecule has 1 aromatic carbocycles. The van der Waals surface area contributed by atoms with E-state index in [4.69, 9.17) is 16.7 Å². The molecule has 1 unspecified atom stereocenters. The summed E-state index contributed by atoms with van der Waals surface area (Å²) in [4.78, 5) is 23.2. The highest BCUT2D eigenvalue weighted by molar-refractivity contribution is 8.06. The predicted octanol–water partition coefficient (Wildman–Crippen LogP) is 3.21. The first-order valence-corrected chi connectivity index (χ1v) is 9.58. The summed E-state index contributed by atoms with van der Waals surface area (Å²) in [5.41, 5.74) is 0.755. The van der Waals surface area contributed by atoms with Gasteiger partial charge in [0.15, 0.2) is 0 Å². The lowest BCUT2D eigenvalue weighted by Gasteiger charge is -2.22. The van der Waals surface area contributed by atoms with Crippen molar-refractivity contribution in [3.8, 4) is 0 Å². The van der Waals surface area contributed by atoms with Crippen LogP contribution in [0.15, 0.2) is 24.3 Å². The summed E-state index contributed by atoms with van der Waals surface area (Å²) in [5.74, 6) is 2.14. The third-order valence-electron chi connectivity index (χ3n) is 3.28.